The molecule has 1 atom stereocenters. The van der Waals surface area contributed by atoms with E-state index in [-0.39, 0.29) is 12.5 Å². The average molecular weight is 292 g/mol. The lowest BCUT2D eigenvalue weighted by Gasteiger charge is -2.13. The zero-order chi connectivity index (χ0) is 14.5. The highest BCUT2D eigenvalue weighted by Gasteiger charge is 2.16. The highest BCUT2D eigenvalue weighted by molar-refractivity contribution is 7.21. The van der Waals surface area contributed by atoms with Crippen LogP contribution in [0.15, 0.2) is 24.3 Å². The number of carbonyl (C=O) groups excluding carboxylic acids is 1. The number of amides is 1. The fourth-order valence-electron chi connectivity index (χ4n) is 2.18. The number of nitrogens with two attached hydrogens (primary N) is 1. The van der Waals surface area contributed by atoms with Crippen molar-refractivity contribution in [2.24, 2.45) is 5.92 Å². The van der Waals surface area contributed by atoms with Crippen molar-refractivity contribution in [2.45, 2.75) is 19.8 Å². The molecule has 1 aromatic carbocycles. The van der Waals surface area contributed by atoms with E-state index >= 15 is 0 Å². The molecule has 1 aromatic heterocycles. The van der Waals surface area contributed by atoms with Gasteiger partial charge in [-0.2, -0.15) is 0 Å². The Kier molecular flexibility index (Phi) is 4.98. The van der Waals surface area contributed by atoms with Crippen molar-refractivity contribution in [1.29, 1.82) is 0 Å². The third-order valence-electron chi connectivity index (χ3n) is 3.51. The van der Waals surface area contributed by atoms with Crippen molar-refractivity contribution in [3.05, 3.63) is 29.1 Å². The van der Waals surface area contributed by atoms with E-state index in [9.17, 15) is 4.79 Å². The maximum atomic E-state index is 12.2. The van der Waals surface area contributed by atoms with E-state index in [2.05, 4.69) is 12.2 Å². The molecule has 2 rings (SSSR count). The van der Waals surface area contributed by atoms with Gasteiger partial charge in [0.15, 0.2) is 0 Å². The second-order valence-corrected chi connectivity index (χ2v) is 5.89. The molecule has 1 unspecified atom stereocenters. The van der Waals surface area contributed by atoms with Gasteiger partial charge in [-0.15, -0.1) is 11.3 Å². The van der Waals surface area contributed by atoms with E-state index in [1.54, 1.807) is 0 Å². The molecule has 5 heteroatoms. The first-order valence-corrected chi connectivity index (χ1v) is 7.65. The van der Waals surface area contributed by atoms with Gasteiger partial charge in [-0.3, -0.25) is 4.79 Å². The van der Waals surface area contributed by atoms with Gasteiger partial charge in [0, 0.05) is 23.2 Å². The first-order chi connectivity index (χ1) is 9.67. The Balaban J connectivity index is 2.09. The van der Waals surface area contributed by atoms with Gasteiger partial charge in [-0.1, -0.05) is 31.5 Å². The maximum absolute atomic E-state index is 12.2. The molecule has 108 valence electrons. The van der Waals surface area contributed by atoms with Gasteiger partial charge >= 0.3 is 0 Å². The molecule has 2 aromatic rings. The van der Waals surface area contributed by atoms with Crippen molar-refractivity contribution in [3.8, 4) is 0 Å². The number of thiophene rings is 1. The van der Waals surface area contributed by atoms with Crippen molar-refractivity contribution < 1.29 is 9.90 Å². The Bertz CT molecular complexity index is 595. The standard InChI is InChI=1S/C15H20N2O2S/c1-2-10(7-8-18)9-17-15(19)14-13(16)11-5-3-4-6-12(11)20-14/h3-6,10,18H,2,7-9,16H2,1H3,(H,17,19). The minimum Gasteiger partial charge on any atom is -0.397 e. The molecular formula is C15H20N2O2S. The largest absolute Gasteiger partial charge is 0.397 e. The molecule has 0 fully saturated rings. The first-order valence-electron chi connectivity index (χ1n) is 6.83. The Hall–Kier alpha value is -1.59. The van der Waals surface area contributed by atoms with Gasteiger partial charge in [-0.25, -0.2) is 0 Å². The smallest absolute Gasteiger partial charge is 0.263 e. The summed E-state index contributed by atoms with van der Waals surface area (Å²) in [7, 11) is 0. The number of hydrogen-bond donors (Lipinski definition) is 3. The molecule has 0 bridgehead atoms. The van der Waals surface area contributed by atoms with E-state index in [0.717, 1.165) is 16.5 Å². The van der Waals surface area contributed by atoms with Crippen LogP contribution in [0.25, 0.3) is 10.1 Å². The number of fused-ring (bicyclic) bond motifs is 1. The lowest BCUT2D eigenvalue weighted by Crippen LogP contribution is -2.29. The number of hydrogen-bond acceptors (Lipinski definition) is 4. The second-order valence-electron chi connectivity index (χ2n) is 4.84. The lowest BCUT2D eigenvalue weighted by molar-refractivity contribution is 0.0948. The molecule has 0 aliphatic heterocycles. The van der Waals surface area contributed by atoms with E-state index < -0.39 is 0 Å². The molecule has 1 heterocycles. The van der Waals surface area contributed by atoms with Gasteiger partial charge in [0.05, 0.1) is 5.69 Å². The molecule has 4 N–H and O–H groups in total. The summed E-state index contributed by atoms with van der Waals surface area (Å²) in [5, 5.41) is 12.8. The van der Waals surface area contributed by atoms with Crippen molar-refractivity contribution >= 4 is 33.0 Å². The number of nitrogen functional groups attached to an aromatic ring is 1. The molecule has 0 aliphatic carbocycles. The quantitative estimate of drug-likeness (QED) is 0.766. The first kappa shape index (κ1) is 14.8. The van der Waals surface area contributed by atoms with E-state index in [0.29, 0.717) is 29.4 Å². The van der Waals surface area contributed by atoms with Crippen LogP contribution >= 0.6 is 11.3 Å². The zero-order valence-electron chi connectivity index (χ0n) is 11.6. The highest BCUT2D eigenvalue weighted by Crippen LogP contribution is 2.33. The van der Waals surface area contributed by atoms with Crippen LogP contribution in [-0.4, -0.2) is 24.2 Å². The zero-order valence-corrected chi connectivity index (χ0v) is 12.4. The molecular weight excluding hydrogens is 272 g/mol. The summed E-state index contributed by atoms with van der Waals surface area (Å²) in [6.07, 6.45) is 1.64. The number of benzene rings is 1. The third kappa shape index (κ3) is 3.11. The lowest BCUT2D eigenvalue weighted by atomic mass is 10.0. The predicted molar refractivity (Wildman–Crippen MR) is 84.1 cm³/mol. The molecule has 0 radical (unpaired) electrons. The predicted octanol–water partition coefficient (Wildman–Crippen LogP) is 2.62. The maximum Gasteiger partial charge on any atom is 0.263 e. The van der Waals surface area contributed by atoms with E-state index in [1.165, 1.54) is 11.3 Å². The SMILES string of the molecule is CCC(CCO)CNC(=O)c1sc2ccccc2c1N. The monoisotopic (exact) mass is 292 g/mol. The van der Waals surface area contributed by atoms with Gasteiger partial charge in [0.2, 0.25) is 0 Å². The van der Waals surface area contributed by atoms with Crippen molar-refractivity contribution in [1.82, 2.24) is 5.32 Å². The topological polar surface area (TPSA) is 75.3 Å². The third-order valence-corrected chi connectivity index (χ3v) is 4.69. The fourth-order valence-corrected chi connectivity index (χ4v) is 3.22. The van der Waals surface area contributed by atoms with Gasteiger partial charge < -0.3 is 16.2 Å². The summed E-state index contributed by atoms with van der Waals surface area (Å²) >= 11 is 1.42. The summed E-state index contributed by atoms with van der Waals surface area (Å²) in [6.45, 7) is 2.78. The van der Waals surface area contributed by atoms with Crippen LogP contribution in [-0.2, 0) is 0 Å². The summed E-state index contributed by atoms with van der Waals surface area (Å²) < 4.78 is 1.03. The number of rotatable bonds is 6. The molecule has 0 saturated heterocycles. The average Bonchev–Trinajstić information content (AvgIpc) is 2.81. The normalized spacial score (nSPS) is 12.5. The summed E-state index contributed by atoms with van der Waals surface area (Å²) in [4.78, 5) is 12.8. The van der Waals surface area contributed by atoms with Crippen LogP contribution < -0.4 is 11.1 Å². The Morgan fingerprint density at radius 3 is 2.85 bits per heavy atom. The van der Waals surface area contributed by atoms with Crippen molar-refractivity contribution in [3.63, 3.8) is 0 Å². The second kappa shape index (κ2) is 6.72. The molecule has 0 aliphatic rings. The van der Waals surface area contributed by atoms with E-state index in [1.807, 2.05) is 24.3 Å². The number of aliphatic hydroxyl groups excluding tert-OH is 1. The van der Waals surface area contributed by atoms with Crippen LogP contribution in [0.3, 0.4) is 0 Å². The minimum absolute atomic E-state index is 0.125. The van der Waals surface area contributed by atoms with Gasteiger partial charge in [0.1, 0.15) is 4.88 Å². The molecule has 0 spiro atoms. The van der Waals surface area contributed by atoms with Crippen LogP contribution in [0.5, 0.6) is 0 Å². The Labute approximate surface area is 122 Å². The van der Waals surface area contributed by atoms with Crippen LogP contribution in [0.1, 0.15) is 29.4 Å². The summed E-state index contributed by atoms with van der Waals surface area (Å²) in [5.74, 6) is 0.180. The van der Waals surface area contributed by atoms with Crippen LogP contribution in [0, 0.1) is 5.92 Å². The minimum atomic E-state index is -0.125. The number of anilines is 1. The summed E-state index contributed by atoms with van der Waals surface area (Å²) in [5.41, 5.74) is 6.60. The van der Waals surface area contributed by atoms with E-state index in [4.69, 9.17) is 10.8 Å². The molecule has 4 nitrogen and oxygen atoms in total. The molecule has 20 heavy (non-hydrogen) atoms. The highest BCUT2D eigenvalue weighted by atomic mass is 32.1. The summed E-state index contributed by atoms with van der Waals surface area (Å²) in [6, 6.07) is 7.75. The molecule has 1 amide bonds. The Morgan fingerprint density at radius 2 is 2.20 bits per heavy atom. The Morgan fingerprint density at radius 1 is 1.45 bits per heavy atom. The van der Waals surface area contributed by atoms with Crippen LogP contribution in [0.4, 0.5) is 5.69 Å². The van der Waals surface area contributed by atoms with Gasteiger partial charge in [-0.05, 0) is 18.4 Å². The fraction of sp³-hybridized carbons (Fsp3) is 0.400. The van der Waals surface area contributed by atoms with Crippen LogP contribution in [0.2, 0.25) is 0 Å². The number of aliphatic hydroxyl groups is 1. The van der Waals surface area contributed by atoms with Gasteiger partial charge in [0.25, 0.3) is 5.91 Å². The molecule has 0 saturated carbocycles. The number of carbonyl (C=O) groups is 1. The van der Waals surface area contributed by atoms with Crippen molar-refractivity contribution in [2.75, 3.05) is 18.9 Å². The number of nitrogens with one attached hydrogen (secondary N) is 1.